The lowest BCUT2D eigenvalue weighted by Crippen LogP contribution is -2.08. The van der Waals surface area contributed by atoms with Crippen molar-refractivity contribution >= 4 is 17.2 Å². The van der Waals surface area contributed by atoms with Crippen molar-refractivity contribution in [2.75, 3.05) is 19.0 Å². The summed E-state index contributed by atoms with van der Waals surface area (Å²) in [7, 11) is 1.60. The molecule has 0 saturated heterocycles. The van der Waals surface area contributed by atoms with Gasteiger partial charge >= 0.3 is 5.97 Å². The first kappa shape index (κ1) is 15.6. The summed E-state index contributed by atoms with van der Waals surface area (Å²) in [5.41, 5.74) is 2.04. The smallest absolute Gasteiger partial charge is 0.340 e. The van der Waals surface area contributed by atoms with Crippen molar-refractivity contribution in [1.29, 1.82) is 0 Å². The molecule has 2 aromatic rings. The second-order valence-electron chi connectivity index (χ2n) is 4.49. The van der Waals surface area contributed by atoms with Gasteiger partial charge in [0.25, 0.3) is 0 Å². The lowest BCUT2D eigenvalue weighted by molar-refractivity contribution is -0.136. The normalized spacial score (nSPS) is 10.9. The number of carbonyl (C=O) groups excluding carboxylic acids is 1. The maximum Gasteiger partial charge on any atom is 0.340 e. The van der Waals surface area contributed by atoms with Gasteiger partial charge in [-0.05, 0) is 24.6 Å². The SMILES string of the molecule is CCOC(=O)/C(=C\Nc1ccccc1OC)c1ccccc1. The van der Waals surface area contributed by atoms with Gasteiger partial charge in [-0.2, -0.15) is 0 Å². The van der Waals surface area contributed by atoms with Crippen LogP contribution >= 0.6 is 0 Å². The molecule has 0 spiro atoms. The van der Waals surface area contributed by atoms with Crippen LogP contribution in [-0.2, 0) is 9.53 Å². The molecule has 0 aromatic heterocycles. The minimum atomic E-state index is -0.365. The summed E-state index contributed by atoms with van der Waals surface area (Å²) in [4.78, 5) is 12.2. The Morgan fingerprint density at radius 3 is 2.45 bits per heavy atom. The summed E-state index contributed by atoms with van der Waals surface area (Å²) in [5, 5.41) is 3.11. The number of methoxy groups -OCH3 is 1. The van der Waals surface area contributed by atoms with E-state index in [1.807, 2.05) is 54.6 Å². The molecule has 0 aliphatic heterocycles. The molecule has 0 fully saturated rings. The second-order valence-corrected chi connectivity index (χ2v) is 4.49. The Morgan fingerprint density at radius 2 is 1.77 bits per heavy atom. The Balaban J connectivity index is 2.30. The van der Waals surface area contributed by atoms with Crippen molar-refractivity contribution in [2.45, 2.75) is 6.92 Å². The van der Waals surface area contributed by atoms with E-state index in [2.05, 4.69) is 5.32 Å². The van der Waals surface area contributed by atoms with E-state index in [1.54, 1.807) is 20.2 Å². The number of ether oxygens (including phenoxy) is 2. The highest BCUT2D eigenvalue weighted by atomic mass is 16.5. The fourth-order valence-corrected chi connectivity index (χ4v) is 2.00. The number of hydrogen-bond acceptors (Lipinski definition) is 4. The molecule has 0 aliphatic rings. The van der Waals surface area contributed by atoms with E-state index in [1.165, 1.54) is 0 Å². The summed E-state index contributed by atoms with van der Waals surface area (Å²) >= 11 is 0. The van der Waals surface area contributed by atoms with E-state index in [-0.39, 0.29) is 5.97 Å². The minimum absolute atomic E-state index is 0.331. The molecule has 0 atom stereocenters. The summed E-state index contributed by atoms with van der Waals surface area (Å²) in [6, 6.07) is 16.9. The number of anilines is 1. The van der Waals surface area contributed by atoms with E-state index in [0.29, 0.717) is 17.9 Å². The molecule has 2 aromatic carbocycles. The third-order valence-corrected chi connectivity index (χ3v) is 3.06. The predicted octanol–water partition coefficient (Wildman–Crippen LogP) is 3.71. The second kappa shape index (κ2) is 7.88. The number of esters is 1. The lowest BCUT2D eigenvalue weighted by Gasteiger charge is -2.10. The molecule has 0 radical (unpaired) electrons. The van der Waals surface area contributed by atoms with E-state index >= 15 is 0 Å². The van der Waals surface area contributed by atoms with Crippen molar-refractivity contribution in [2.24, 2.45) is 0 Å². The van der Waals surface area contributed by atoms with Gasteiger partial charge in [-0.15, -0.1) is 0 Å². The van der Waals surface area contributed by atoms with Crippen LogP contribution in [0.2, 0.25) is 0 Å². The number of rotatable bonds is 6. The predicted molar refractivity (Wildman–Crippen MR) is 87.7 cm³/mol. The molecular formula is C18H19NO3. The molecule has 1 N–H and O–H groups in total. The van der Waals surface area contributed by atoms with Crippen LogP contribution in [0.1, 0.15) is 12.5 Å². The van der Waals surface area contributed by atoms with Gasteiger partial charge in [0.2, 0.25) is 0 Å². The van der Waals surface area contributed by atoms with E-state index < -0.39 is 0 Å². The fourth-order valence-electron chi connectivity index (χ4n) is 2.00. The molecule has 22 heavy (non-hydrogen) atoms. The Bertz CT molecular complexity index is 650. The summed E-state index contributed by atoms with van der Waals surface area (Å²) < 4.78 is 10.4. The minimum Gasteiger partial charge on any atom is -0.495 e. The Hall–Kier alpha value is -2.75. The Labute approximate surface area is 130 Å². The third kappa shape index (κ3) is 3.88. The van der Waals surface area contributed by atoms with Gasteiger partial charge in [0, 0.05) is 6.20 Å². The van der Waals surface area contributed by atoms with Crippen LogP contribution in [0.3, 0.4) is 0 Å². The van der Waals surface area contributed by atoms with Crippen molar-refractivity contribution in [3.05, 3.63) is 66.4 Å². The number of nitrogens with one attached hydrogen (secondary N) is 1. The number of carbonyl (C=O) groups is 1. The third-order valence-electron chi connectivity index (χ3n) is 3.06. The zero-order valence-electron chi connectivity index (χ0n) is 12.7. The summed E-state index contributed by atoms with van der Waals surface area (Å²) in [5.74, 6) is 0.339. The van der Waals surface area contributed by atoms with Crippen molar-refractivity contribution in [1.82, 2.24) is 0 Å². The lowest BCUT2D eigenvalue weighted by atomic mass is 10.1. The van der Waals surface area contributed by atoms with Crippen LogP contribution in [0.25, 0.3) is 5.57 Å². The maximum atomic E-state index is 12.2. The molecule has 0 unspecified atom stereocenters. The Kier molecular flexibility index (Phi) is 5.60. The van der Waals surface area contributed by atoms with Crippen LogP contribution in [0, 0.1) is 0 Å². The van der Waals surface area contributed by atoms with Gasteiger partial charge < -0.3 is 14.8 Å². The molecule has 114 valence electrons. The first-order valence-electron chi connectivity index (χ1n) is 7.08. The van der Waals surface area contributed by atoms with Crippen LogP contribution in [0.4, 0.5) is 5.69 Å². The molecule has 0 heterocycles. The van der Waals surface area contributed by atoms with Gasteiger partial charge in [-0.1, -0.05) is 42.5 Å². The topological polar surface area (TPSA) is 47.6 Å². The largest absolute Gasteiger partial charge is 0.495 e. The number of benzene rings is 2. The first-order chi connectivity index (χ1) is 10.8. The molecule has 0 saturated carbocycles. The highest BCUT2D eigenvalue weighted by molar-refractivity contribution is 6.16. The van der Waals surface area contributed by atoms with Gasteiger partial charge in [-0.3, -0.25) is 0 Å². The van der Waals surface area contributed by atoms with Crippen molar-refractivity contribution < 1.29 is 14.3 Å². The first-order valence-corrected chi connectivity index (χ1v) is 7.08. The van der Waals surface area contributed by atoms with Crippen molar-refractivity contribution in [3.63, 3.8) is 0 Å². The summed E-state index contributed by atoms with van der Waals surface area (Å²) in [6.45, 7) is 2.12. The molecule has 0 amide bonds. The van der Waals surface area contributed by atoms with E-state index in [0.717, 1.165) is 11.3 Å². The zero-order chi connectivity index (χ0) is 15.8. The number of hydrogen-bond donors (Lipinski definition) is 1. The molecular weight excluding hydrogens is 278 g/mol. The average Bonchev–Trinajstić information content (AvgIpc) is 2.56. The van der Waals surface area contributed by atoms with E-state index in [9.17, 15) is 4.79 Å². The van der Waals surface area contributed by atoms with Crippen LogP contribution < -0.4 is 10.1 Å². The van der Waals surface area contributed by atoms with Crippen LogP contribution in [-0.4, -0.2) is 19.7 Å². The molecule has 0 aliphatic carbocycles. The monoisotopic (exact) mass is 297 g/mol. The average molecular weight is 297 g/mol. The highest BCUT2D eigenvalue weighted by Gasteiger charge is 2.13. The summed E-state index contributed by atoms with van der Waals surface area (Å²) in [6.07, 6.45) is 1.64. The van der Waals surface area contributed by atoms with E-state index in [4.69, 9.17) is 9.47 Å². The molecule has 2 rings (SSSR count). The maximum absolute atomic E-state index is 12.2. The number of para-hydroxylation sites is 2. The van der Waals surface area contributed by atoms with Crippen molar-refractivity contribution in [3.8, 4) is 5.75 Å². The quantitative estimate of drug-likeness (QED) is 0.652. The fraction of sp³-hybridized carbons (Fsp3) is 0.167. The zero-order valence-corrected chi connectivity index (χ0v) is 12.7. The van der Waals surface area contributed by atoms with Gasteiger partial charge in [0.15, 0.2) is 0 Å². The Morgan fingerprint density at radius 1 is 1.09 bits per heavy atom. The van der Waals surface area contributed by atoms with Gasteiger partial charge in [0.05, 0.1) is 25.0 Å². The van der Waals surface area contributed by atoms with Gasteiger partial charge in [-0.25, -0.2) is 4.79 Å². The van der Waals surface area contributed by atoms with Crippen LogP contribution in [0.5, 0.6) is 5.75 Å². The molecule has 4 heteroatoms. The van der Waals surface area contributed by atoms with Gasteiger partial charge in [0.1, 0.15) is 5.75 Å². The van der Waals surface area contributed by atoms with Crippen LogP contribution in [0.15, 0.2) is 60.8 Å². The standard InChI is InChI=1S/C18H19NO3/c1-3-22-18(20)15(14-9-5-4-6-10-14)13-19-16-11-7-8-12-17(16)21-2/h4-13,19H,3H2,1-2H3/b15-13-. The highest BCUT2D eigenvalue weighted by Crippen LogP contribution is 2.24. The molecule has 0 bridgehead atoms. The molecule has 4 nitrogen and oxygen atoms in total.